The van der Waals surface area contributed by atoms with Crippen molar-refractivity contribution in [2.24, 2.45) is 5.92 Å². The molecule has 0 aromatic carbocycles. The lowest BCUT2D eigenvalue weighted by Crippen LogP contribution is -2.42. The number of hydrogen-bond acceptors (Lipinski definition) is 3. The fraction of sp³-hybridized carbons (Fsp3) is 0.818. The van der Waals surface area contributed by atoms with Gasteiger partial charge in [-0.1, -0.05) is 0 Å². The Balaban J connectivity index is 2.02. The molecule has 1 heterocycles. The first kappa shape index (κ1) is 9.99. The van der Waals surface area contributed by atoms with Gasteiger partial charge in [-0.25, -0.2) is 0 Å². The highest BCUT2D eigenvalue weighted by molar-refractivity contribution is 5.11. The Morgan fingerprint density at radius 1 is 1.57 bits per heavy atom. The maximum absolute atomic E-state index is 5.59. The molecule has 0 saturated heterocycles. The number of methoxy groups -OCH3 is 1. The Kier molecular flexibility index (Phi) is 3.08. The van der Waals surface area contributed by atoms with Crippen molar-refractivity contribution >= 4 is 0 Å². The Morgan fingerprint density at radius 3 is 2.79 bits per heavy atom. The molecule has 0 spiro atoms. The molecule has 1 aliphatic heterocycles. The van der Waals surface area contributed by atoms with Crippen LogP contribution in [-0.2, 0) is 9.47 Å². The standard InChI is InChI=1S/C11H19NO2/c1-12-10(9-4-3-7-14-9)11(13-2)8-5-6-8/h4,8,10-12H,3,5-7H2,1-2H3. The molecule has 1 N–H and O–H groups in total. The third-order valence-electron chi connectivity index (χ3n) is 3.04. The largest absolute Gasteiger partial charge is 0.496 e. The topological polar surface area (TPSA) is 30.5 Å². The summed E-state index contributed by atoms with van der Waals surface area (Å²) in [5, 5.41) is 3.30. The number of hydrogen-bond donors (Lipinski definition) is 1. The monoisotopic (exact) mass is 197 g/mol. The van der Waals surface area contributed by atoms with Crippen LogP contribution in [-0.4, -0.2) is 32.9 Å². The van der Waals surface area contributed by atoms with Gasteiger partial charge in [-0.2, -0.15) is 0 Å². The van der Waals surface area contributed by atoms with E-state index in [4.69, 9.17) is 9.47 Å². The number of ether oxygens (including phenoxy) is 2. The van der Waals surface area contributed by atoms with E-state index in [-0.39, 0.29) is 12.1 Å². The van der Waals surface area contributed by atoms with E-state index in [9.17, 15) is 0 Å². The van der Waals surface area contributed by atoms with Crippen LogP contribution >= 0.6 is 0 Å². The Bertz CT molecular complexity index is 223. The predicted octanol–water partition coefficient (Wildman–Crippen LogP) is 1.30. The molecule has 14 heavy (non-hydrogen) atoms. The van der Waals surface area contributed by atoms with E-state index >= 15 is 0 Å². The lowest BCUT2D eigenvalue weighted by atomic mass is 10.0. The van der Waals surface area contributed by atoms with Gasteiger partial charge in [0.2, 0.25) is 0 Å². The highest BCUT2D eigenvalue weighted by Gasteiger charge is 2.38. The van der Waals surface area contributed by atoms with E-state index < -0.39 is 0 Å². The second-order valence-electron chi connectivity index (χ2n) is 4.05. The van der Waals surface area contributed by atoms with Crippen LogP contribution in [0.2, 0.25) is 0 Å². The van der Waals surface area contributed by atoms with Gasteiger partial charge in [0.15, 0.2) is 0 Å². The lowest BCUT2D eigenvalue weighted by Gasteiger charge is -2.26. The maximum atomic E-state index is 5.59. The van der Waals surface area contributed by atoms with E-state index in [2.05, 4.69) is 11.4 Å². The van der Waals surface area contributed by atoms with Gasteiger partial charge in [0.25, 0.3) is 0 Å². The summed E-state index contributed by atoms with van der Waals surface area (Å²) in [5.41, 5.74) is 0. The normalized spacial score (nSPS) is 25.4. The summed E-state index contributed by atoms with van der Waals surface area (Å²) in [6.07, 6.45) is 6.09. The van der Waals surface area contributed by atoms with Gasteiger partial charge in [-0.3, -0.25) is 0 Å². The second kappa shape index (κ2) is 4.32. The second-order valence-corrected chi connectivity index (χ2v) is 4.05. The molecule has 0 amide bonds. The number of nitrogens with one attached hydrogen (secondary N) is 1. The van der Waals surface area contributed by atoms with E-state index in [1.54, 1.807) is 7.11 Å². The van der Waals surface area contributed by atoms with Crippen LogP contribution in [0, 0.1) is 5.92 Å². The van der Waals surface area contributed by atoms with Gasteiger partial charge in [-0.05, 0) is 31.9 Å². The first-order valence-electron chi connectivity index (χ1n) is 5.39. The molecule has 80 valence electrons. The maximum Gasteiger partial charge on any atom is 0.112 e. The molecule has 3 nitrogen and oxygen atoms in total. The van der Waals surface area contributed by atoms with Gasteiger partial charge in [0.1, 0.15) is 5.76 Å². The molecule has 1 aliphatic carbocycles. The van der Waals surface area contributed by atoms with Gasteiger partial charge in [0.05, 0.1) is 18.8 Å². The quantitative estimate of drug-likeness (QED) is 0.720. The molecule has 2 aliphatic rings. The van der Waals surface area contributed by atoms with Crippen LogP contribution in [0.5, 0.6) is 0 Å². The van der Waals surface area contributed by atoms with Crippen molar-refractivity contribution in [1.29, 1.82) is 0 Å². The molecule has 0 radical (unpaired) electrons. The van der Waals surface area contributed by atoms with Gasteiger partial charge >= 0.3 is 0 Å². The summed E-state index contributed by atoms with van der Waals surface area (Å²) in [4.78, 5) is 0. The first-order valence-corrected chi connectivity index (χ1v) is 5.39. The third kappa shape index (κ3) is 1.93. The number of likely N-dealkylation sites (N-methyl/N-ethyl adjacent to an activating group) is 1. The van der Waals surface area contributed by atoms with Crippen LogP contribution in [0.1, 0.15) is 19.3 Å². The first-order chi connectivity index (χ1) is 6.86. The van der Waals surface area contributed by atoms with Gasteiger partial charge < -0.3 is 14.8 Å². The molecular formula is C11H19NO2. The van der Waals surface area contributed by atoms with Crippen molar-refractivity contribution in [2.75, 3.05) is 20.8 Å². The van der Waals surface area contributed by atoms with Crippen molar-refractivity contribution in [3.8, 4) is 0 Å². The summed E-state index contributed by atoms with van der Waals surface area (Å²) < 4.78 is 11.1. The summed E-state index contributed by atoms with van der Waals surface area (Å²) in [6, 6.07) is 0.245. The molecule has 2 unspecified atom stereocenters. The van der Waals surface area contributed by atoms with Crippen molar-refractivity contribution in [2.45, 2.75) is 31.4 Å². The average molecular weight is 197 g/mol. The molecule has 1 saturated carbocycles. The Hall–Kier alpha value is -0.540. The van der Waals surface area contributed by atoms with E-state index in [1.807, 2.05) is 7.05 Å². The summed E-state index contributed by atoms with van der Waals surface area (Å²) in [7, 11) is 3.77. The summed E-state index contributed by atoms with van der Waals surface area (Å²) in [5.74, 6) is 1.80. The third-order valence-corrected chi connectivity index (χ3v) is 3.04. The van der Waals surface area contributed by atoms with Crippen LogP contribution < -0.4 is 5.32 Å². The zero-order valence-electron chi connectivity index (χ0n) is 8.95. The predicted molar refractivity (Wildman–Crippen MR) is 55.0 cm³/mol. The molecule has 2 atom stereocenters. The summed E-state index contributed by atoms with van der Waals surface area (Å²) >= 11 is 0. The SMILES string of the molecule is CNC(C1=CCCO1)C(OC)C1CC1. The minimum absolute atomic E-state index is 0.245. The minimum atomic E-state index is 0.245. The minimum Gasteiger partial charge on any atom is -0.496 e. The Morgan fingerprint density at radius 2 is 2.36 bits per heavy atom. The molecule has 0 aromatic heterocycles. The molecule has 1 fully saturated rings. The van der Waals surface area contributed by atoms with Crippen molar-refractivity contribution in [3.05, 3.63) is 11.8 Å². The zero-order valence-corrected chi connectivity index (χ0v) is 8.95. The van der Waals surface area contributed by atoms with Crippen molar-refractivity contribution < 1.29 is 9.47 Å². The Labute approximate surface area is 85.5 Å². The number of rotatable bonds is 5. The van der Waals surface area contributed by atoms with E-state index in [1.165, 1.54) is 12.8 Å². The van der Waals surface area contributed by atoms with Gasteiger partial charge in [-0.15, -0.1) is 0 Å². The van der Waals surface area contributed by atoms with Crippen LogP contribution in [0.15, 0.2) is 11.8 Å². The van der Waals surface area contributed by atoms with Crippen LogP contribution in [0.3, 0.4) is 0 Å². The fourth-order valence-corrected chi connectivity index (χ4v) is 2.15. The van der Waals surface area contributed by atoms with Crippen LogP contribution in [0.25, 0.3) is 0 Å². The molecular weight excluding hydrogens is 178 g/mol. The fourth-order valence-electron chi connectivity index (χ4n) is 2.15. The summed E-state index contributed by atoms with van der Waals surface area (Å²) in [6.45, 7) is 0.828. The molecule has 0 bridgehead atoms. The van der Waals surface area contributed by atoms with Crippen molar-refractivity contribution in [3.63, 3.8) is 0 Å². The highest BCUT2D eigenvalue weighted by atomic mass is 16.5. The van der Waals surface area contributed by atoms with Crippen LogP contribution in [0.4, 0.5) is 0 Å². The van der Waals surface area contributed by atoms with E-state index in [0.29, 0.717) is 0 Å². The van der Waals surface area contributed by atoms with Gasteiger partial charge in [0, 0.05) is 13.5 Å². The zero-order chi connectivity index (χ0) is 9.97. The van der Waals surface area contributed by atoms with Crippen molar-refractivity contribution in [1.82, 2.24) is 5.32 Å². The lowest BCUT2D eigenvalue weighted by molar-refractivity contribution is 0.0453. The average Bonchev–Trinajstić information content (AvgIpc) is 2.90. The molecule has 2 rings (SSSR count). The van der Waals surface area contributed by atoms with E-state index in [0.717, 1.165) is 24.7 Å². The molecule has 0 aromatic rings. The molecule has 3 heteroatoms. The smallest absolute Gasteiger partial charge is 0.112 e. The highest BCUT2D eigenvalue weighted by Crippen LogP contribution is 2.37.